The predicted octanol–water partition coefficient (Wildman–Crippen LogP) is 2.51. The highest BCUT2D eigenvalue weighted by atomic mass is 14.9. The lowest BCUT2D eigenvalue weighted by molar-refractivity contribution is 0.518. The fourth-order valence-electron chi connectivity index (χ4n) is 1.42. The third kappa shape index (κ3) is 5.07. The molecule has 0 saturated carbocycles. The second-order valence-corrected chi connectivity index (χ2v) is 4.21. The van der Waals surface area contributed by atoms with Crippen LogP contribution < -0.4 is 5.32 Å². The van der Waals surface area contributed by atoms with Gasteiger partial charge < -0.3 is 9.88 Å². The molecule has 0 aliphatic rings. The van der Waals surface area contributed by atoms with Crippen molar-refractivity contribution in [2.45, 2.75) is 33.2 Å². The fourth-order valence-corrected chi connectivity index (χ4v) is 1.42. The van der Waals surface area contributed by atoms with Crippen molar-refractivity contribution in [1.82, 2.24) is 9.88 Å². The molecule has 0 aliphatic carbocycles. The van der Waals surface area contributed by atoms with Crippen molar-refractivity contribution < 1.29 is 0 Å². The van der Waals surface area contributed by atoms with Gasteiger partial charge in [0.25, 0.3) is 0 Å². The number of hydrogen-bond acceptors (Lipinski definition) is 1. The molecule has 0 spiro atoms. The Balaban J connectivity index is 1.90. The summed E-state index contributed by atoms with van der Waals surface area (Å²) in [6.07, 6.45) is 6.73. The molecule has 1 aromatic heterocycles. The number of aromatic nitrogens is 1. The molecule has 0 aliphatic heterocycles. The largest absolute Gasteiger partial charge is 0.354 e. The van der Waals surface area contributed by atoms with E-state index in [0.717, 1.165) is 25.6 Å². The van der Waals surface area contributed by atoms with Gasteiger partial charge in [-0.25, -0.2) is 0 Å². The highest BCUT2D eigenvalue weighted by molar-refractivity contribution is 4.89. The molecule has 0 bridgehead atoms. The summed E-state index contributed by atoms with van der Waals surface area (Å²) in [6.45, 7) is 7.94. The van der Waals surface area contributed by atoms with Crippen LogP contribution in [0.2, 0.25) is 0 Å². The van der Waals surface area contributed by atoms with Crippen molar-refractivity contribution in [3.8, 4) is 0 Å². The molecule has 14 heavy (non-hydrogen) atoms. The first-order valence-electron chi connectivity index (χ1n) is 5.60. The van der Waals surface area contributed by atoms with E-state index in [2.05, 4.69) is 48.3 Å². The molecule has 1 N–H and O–H groups in total. The first-order chi connectivity index (χ1) is 6.79. The van der Waals surface area contributed by atoms with Crippen molar-refractivity contribution in [3.63, 3.8) is 0 Å². The maximum Gasteiger partial charge on any atom is 0.0231 e. The fraction of sp³-hybridized carbons (Fsp3) is 0.667. The van der Waals surface area contributed by atoms with E-state index in [1.165, 1.54) is 12.8 Å². The molecule has 2 heteroatoms. The van der Waals surface area contributed by atoms with Crippen LogP contribution in [0.15, 0.2) is 24.5 Å². The zero-order valence-corrected chi connectivity index (χ0v) is 9.37. The summed E-state index contributed by atoms with van der Waals surface area (Å²) in [4.78, 5) is 0. The van der Waals surface area contributed by atoms with Gasteiger partial charge in [-0.15, -0.1) is 0 Å². The van der Waals surface area contributed by atoms with Crippen molar-refractivity contribution >= 4 is 0 Å². The van der Waals surface area contributed by atoms with Crippen LogP contribution in [0.3, 0.4) is 0 Å². The Morgan fingerprint density at radius 3 is 2.50 bits per heavy atom. The van der Waals surface area contributed by atoms with Crippen molar-refractivity contribution in [2.24, 2.45) is 5.92 Å². The molecule has 1 heterocycles. The van der Waals surface area contributed by atoms with E-state index in [1.807, 2.05) is 0 Å². The first kappa shape index (κ1) is 11.3. The summed E-state index contributed by atoms with van der Waals surface area (Å²) >= 11 is 0. The zero-order valence-electron chi connectivity index (χ0n) is 9.37. The summed E-state index contributed by atoms with van der Waals surface area (Å²) in [5.41, 5.74) is 0. The maximum absolute atomic E-state index is 3.47. The highest BCUT2D eigenvalue weighted by Crippen LogP contribution is 1.96. The molecule has 0 aromatic carbocycles. The molecule has 0 saturated heterocycles. The van der Waals surface area contributed by atoms with Crippen LogP contribution in [0.4, 0.5) is 0 Å². The van der Waals surface area contributed by atoms with Gasteiger partial charge in [-0.3, -0.25) is 0 Å². The lowest BCUT2D eigenvalue weighted by atomic mass is 10.1. The minimum absolute atomic E-state index is 0.812. The van der Waals surface area contributed by atoms with Crippen LogP contribution in [-0.2, 0) is 6.54 Å². The average molecular weight is 194 g/mol. The quantitative estimate of drug-likeness (QED) is 0.660. The van der Waals surface area contributed by atoms with Gasteiger partial charge in [0.1, 0.15) is 0 Å². The number of rotatable bonds is 7. The lowest BCUT2D eigenvalue weighted by Gasteiger charge is -2.07. The monoisotopic (exact) mass is 194 g/mol. The van der Waals surface area contributed by atoms with Crippen LogP contribution in [0.25, 0.3) is 0 Å². The summed E-state index contributed by atoms with van der Waals surface area (Å²) < 4.78 is 2.23. The Morgan fingerprint density at radius 1 is 1.14 bits per heavy atom. The number of nitrogens with zero attached hydrogens (tertiary/aromatic N) is 1. The van der Waals surface area contributed by atoms with Crippen molar-refractivity contribution in [3.05, 3.63) is 24.5 Å². The topological polar surface area (TPSA) is 17.0 Å². The summed E-state index contributed by atoms with van der Waals surface area (Å²) in [5, 5.41) is 3.47. The molecule has 0 unspecified atom stereocenters. The Kier molecular flexibility index (Phi) is 5.38. The standard InChI is InChI=1S/C12H22N2/c1-12(2)6-8-13-7-5-11-14-9-3-4-10-14/h3-4,9-10,12-13H,5-8,11H2,1-2H3. The molecule has 80 valence electrons. The summed E-state index contributed by atoms with van der Waals surface area (Å²) in [7, 11) is 0. The zero-order chi connectivity index (χ0) is 10.2. The second kappa shape index (κ2) is 6.66. The number of hydrogen-bond donors (Lipinski definition) is 1. The van der Waals surface area contributed by atoms with Gasteiger partial charge in [0, 0.05) is 18.9 Å². The Morgan fingerprint density at radius 2 is 1.86 bits per heavy atom. The van der Waals surface area contributed by atoms with Gasteiger partial charge in [0.2, 0.25) is 0 Å². The molecule has 1 rings (SSSR count). The summed E-state index contributed by atoms with van der Waals surface area (Å²) in [5.74, 6) is 0.812. The Hall–Kier alpha value is -0.760. The molecule has 0 fully saturated rings. The predicted molar refractivity (Wildman–Crippen MR) is 61.4 cm³/mol. The maximum atomic E-state index is 3.47. The Bertz CT molecular complexity index is 214. The summed E-state index contributed by atoms with van der Waals surface area (Å²) in [6, 6.07) is 4.15. The van der Waals surface area contributed by atoms with Crippen LogP contribution in [-0.4, -0.2) is 17.7 Å². The molecular formula is C12H22N2. The number of nitrogens with one attached hydrogen (secondary N) is 1. The van der Waals surface area contributed by atoms with Crippen LogP contribution in [0.5, 0.6) is 0 Å². The Labute approximate surface area is 87.3 Å². The van der Waals surface area contributed by atoms with E-state index in [4.69, 9.17) is 0 Å². The van der Waals surface area contributed by atoms with E-state index >= 15 is 0 Å². The minimum atomic E-state index is 0.812. The van der Waals surface area contributed by atoms with Gasteiger partial charge in [-0.1, -0.05) is 13.8 Å². The van der Waals surface area contributed by atoms with E-state index in [1.54, 1.807) is 0 Å². The third-order valence-corrected chi connectivity index (χ3v) is 2.33. The molecule has 0 atom stereocenters. The van der Waals surface area contributed by atoms with Crippen LogP contribution in [0, 0.1) is 5.92 Å². The number of aryl methyl sites for hydroxylation is 1. The molecular weight excluding hydrogens is 172 g/mol. The molecule has 2 nitrogen and oxygen atoms in total. The molecule has 1 aromatic rings. The van der Waals surface area contributed by atoms with Crippen LogP contribution in [0.1, 0.15) is 26.7 Å². The van der Waals surface area contributed by atoms with Gasteiger partial charge in [-0.2, -0.15) is 0 Å². The first-order valence-corrected chi connectivity index (χ1v) is 5.60. The highest BCUT2D eigenvalue weighted by Gasteiger charge is 1.93. The normalized spacial score (nSPS) is 11.1. The van der Waals surface area contributed by atoms with E-state index in [0.29, 0.717) is 0 Å². The van der Waals surface area contributed by atoms with Crippen molar-refractivity contribution in [1.29, 1.82) is 0 Å². The van der Waals surface area contributed by atoms with Gasteiger partial charge >= 0.3 is 0 Å². The SMILES string of the molecule is CC(C)CCNCCCn1cccc1. The van der Waals surface area contributed by atoms with E-state index in [9.17, 15) is 0 Å². The molecule has 0 amide bonds. The van der Waals surface area contributed by atoms with Crippen molar-refractivity contribution in [2.75, 3.05) is 13.1 Å². The van der Waals surface area contributed by atoms with Gasteiger partial charge in [0.15, 0.2) is 0 Å². The lowest BCUT2D eigenvalue weighted by Crippen LogP contribution is -2.19. The van der Waals surface area contributed by atoms with Gasteiger partial charge in [0.05, 0.1) is 0 Å². The van der Waals surface area contributed by atoms with E-state index < -0.39 is 0 Å². The van der Waals surface area contributed by atoms with Gasteiger partial charge in [-0.05, 0) is 44.0 Å². The second-order valence-electron chi connectivity index (χ2n) is 4.21. The molecule has 0 radical (unpaired) electrons. The third-order valence-electron chi connectivity index (χ3n) is 2.33. The smallest absolute Gasteiger partial charge is 0.0231 e. The minimum Gasteiger partial charge on any atom is -0.354 e. The van der Waals surface area contributed by atoms with E-state index in [-0.39, 0.29) is 0 Å². The van der Waals surface area contributed by atoms with Crippen LogP contribution >= 0.6 is 0 Å². The average Bonchev–Trinajstić information content (AvgIpc) is 2.63.